The highest BCUT2D eigenvalue weighted by molar-refractivity contribution is 5.95. The summed E-state index contributed by atoms with van der Waals surface area (Å²) in [6.07, 6.45) is 1.46. The van der Waals surface area contributed by atoms with E-state index in [4.69, 9.17) is 4.74 Å². The highest BCUT2D eigenvalue weighted by Gasteiger charge is 2.24. The van der Waals surface area contributed by atoms with Crippen LogP contribution in [0.5, 0.6) is 0 Å². The van der Waals surface area contributed by atoms with Crippen LogP contribution in [0, 0.1) is 11.3 Å². The van der Waals surface area contributed by atoms with Gasteiger partial charge in [0.2, 0.25) is 5.82 Å². The Morgan fingerprint density at radius 3 is 2.53 bits per heavy atom. The van der Waals surface area contributed by atoms with Gasteiger partial charge in [0, 0.05) is 37.9 Å². The van der Waals surface area contributed by atoms with Crippen molar-refractivity contribution in [3.8, 4) is 6.07 Å². The fourth-order valence-electron chi connectivity index (χ4n) is 3.66. The van der Waals surface area contributed by atoms with E-state index in [9.17, 15) is 14.9 Å². The Balaban J connectivity index is 1.55. The molecule has 0 saturated carbocycles. The summed E-state index contributed by atoms with van der Waals surface area (Å²) in [5.41, 5.74) is 2.61. The van der Waals surface area contributed by atoms with Gasteiger partial charge >= 0.3 is 5.97 Å². The molecule has 1 aliphatic rings. The molecular formula is C23H22N8O3. The number of ether oxygens (including phenoxy) is 1. The maximum absolute atomic E-state index is 12.8. The minimum Gasteiger partial charge on any atom is -0.465 e. The molecule has 172 valence electrons. The third kappa shape index (κ3) is 4.86. The second-order valence-electron chi connectivity index (χ2n) is 7.42. The second kappa shape index (κ2) is 10.3. The van der Waals surface area contributed by atoms with E-state index in [0.717, 1.165) is 5.69 Å². The summed E-state index contributed by atoms with van der Waals surface area (Å²) in [7, 11) is 1.32. The van der Waals surface area contributed by atoms with Crippen molar-refractivity contribution in [1.82, 2.24) is 25.5 Å². The van der Waals surface area contributed by atoms with Crippen LogP contribution in [-0.2, 0) is 4.74 Å². The Hall–Kier alpha value is -4.72. The van der Waals surface area contributed by atoms with E-state index >= 15 is 0 Å². The normalized spacial score (nSPS) is 13.8. The van der Waals surface area contributed by atoms with Crippen LogP contribution < -0.4 is 10.2 Å². The Morgan fingerprint density at radius 2 is 1.88 bits per heavy atom. The van der Waals surface area contributed by atoms with Crippen LogP contribution >= 0.6 is 0 Å². The van der Waals surface area contributed by atoms with Crippen molar-refractivity contribution in [3.63, 3.8) is 0 Å². The number of methoxy groups -OCH3 is 1. The van der Waals surface area contributed by atoms with Crippen molar-refractivity contribution in [3.05, 3.63) is 71.7 Å². The first-order valence-electron chi connectivity index (χ1n) is 10.5. The summed E-state index contributed by atoms with van der Waals surface area (Å²) in [5.74, 6) is -0.328. The van der Waals surface area contributed by atoms with Crippen LogP contribution in [0.3, 0.4) is 0 Å². The number of H-pyrrole nitrogens is 1. The number of nitrogens with one attached hydrogen (secondary N) is 2. The predicted octanol–water partition coefficient (Wildman–Crippen LogP) is 1.93. The average molecular weight is 458 g/mol. The molecule has 0 unspecified atom stereocenters. The number of carbonyl (C=O) groups is 2. The van der Waals surface area contributed by atoms with Crippen LogP contribution in [0.1, 0.15) is 26.5 Å². The first-order chi connectivity index (χ1) is 16.6. The maximum Gasteiger partial charge on any atom is 0.337 e. The summed E-state index contributed by atoms with van der Waals surface area (Å²) in [6.45, 7) is 2.30. The molecule has 0 spiro atoms. The van der Waals surface area contributed by atoms with Gasteiger partial charge in [-0.05, 0) is 35.5 Å². The molecule has 4 rings (SSSR count). The fraction of sp³-hybridized carbons (Fsp3) is 0.217. The Bertz CT molecular complexity index is 1230. The number of carbonyl (C=O) groups excluding carboxylic acids is 2. The maximum atomic E-state index is 12.8. The highest BCUT2D eigenvalue weighted by Crippen LogP contribution is 2.29. The van der Waals surface area contributed by atoms with E-state index in [2.05, 4.69) is 30.8 Å². The number of benzene rings is 2. The Kier molecular flexibility index (Phi) is 6.78. The number of nitrogens with zero attached hydrogens (tertiary/aromatic N) is 6. The number of nitriles is 1. The summed E-state index contributed by atoms with van der Waals surface area (Å²) in [6, 6.07) is 16.4. The fourth-order valence-corrected chi connectivity index (χ4v) is 3.66. The topological polar surface area (TPSA) is 140 Å². The van der Waals surface area contributed by atoms with Crippen molar-refractivity contribution >= 4 is 28.8 Å². The zero-order valence-corrected chi connectivity index (χ0v) is 18.4. The quantitative estimate of drug-likeness (QED) is 0.419. The van der Waals surface area contributed by atoms with Gasteiger partial charge in [0.05, 0.1) is 24.0 Å². The van der Waals surface area contributed by atoms with Crippen LogP contribution in [0.4, 0.5) is 11.4 Å². The van der Waals surface area contributed by atoms with Gasteiger partial charge in [-0.15, -0.1) is 10.2 Å². The van der Waals surface area contributed by atoms with Crippen LogP contribution in [0.25, 0.3) is 5.57 Å². The molecule has 2 N–H and O–H groups in total. The van der Waals surface area contributed by atoms with Crippen molar-refractivity contribution in [2.45, 2.75) is 0 Å². The molecule has 1 saturated heterocycles. The number of hydrogen-bond donors (Lipinski definition) is 2. The number of rotatable bonds is 6. The zero-order valence-electron chi connectivity index (χ0n) is 18.4. The van der Waals surface area contributed by atoms with E-state index in [1.807, 2.05) is 47.4 Å². The van der Waals surface area contributed by atoms with E-state index in [0.29, 0.717) is 43.0 Å². The van der Waals surface area contributed by atoms with Gasteiger partial charge in [-0.25, -0.2) is 4.79 Å². The molecule has 34 heavy (non-hydrogen) atoms. The molecule has 0 atom stereocenters. The largest absolute Gasteiger partial charge is 0.465 e. The third-order valence-electron chi connectivity index (χ3n) is 5.42. The number of aromatic amines is 1. The summed E-state index contributed by atoms with van der Waals surface area (Å²) in [4.78, 5) is 28.8. The van der Waals surface area contributed by atoms with Crippen LogP contribution in [0.15, 0.2) is 54.7 Å². The van der Waals surface area contributed by atoms with Gasteiger partial charge in [0.25, 0.3) is 5.91 Å². The molecule has 1 amide bonds. The SMILES string of the molecule is COC(=O)c1ccc(N2CCN(C(=O)c3ccccc3)CC2)c(NC=C(C#N)c2nn[nH]n2)c1. The van der Waals surface area contributed by atoms with Gasteiger partial charge in [0.15, 0.2) is 0 Å². The molecule has 3 aromatic rings. The molecule has 0 radical (unpaired) electrons. The monoisotopic (exact) mass is 458 g/mol. The lowest BCUT2D eigenvalue weighted by molar-refractivity contribution is 0.0600. The molecule has 1 aromatic heterocycles. The molecule has 11 nitrogen and oxygen atoms in total. The zero-order chi connectivity index (χ0) is 23.9. The van der Waals surface area contributed by atoms with Crippen LogP contribution in [-0.4, -0.2) is 70.7 Å². The van der Waals surface area contributed by atoms with Crippen molar-refractivity contribution in [2.75, 3.05) is 43.5 Å². The van der Waals surface area contributed by atoms with E-state index in [1.165, 1.54) is 13.3 Å². The molecule has 2 heterocycles. The van der Waals surface area contributed by atoms with Gasteiger partial charge in [-0.1, -0.05) is 18.2 Å². The lowest BCUT2D eigenvalue weighted by atomic mass is 10.1. The molecule has 2 aromatic carbocycles. The highest BCUT2D eigenvalue weighted by atomic mass is 16.5. The minimum absolute atomic E-state index is 0.00125. The molecule has 11 heteroatoms. The van der Waals surface area contributed by atoms with Crippen LogP contribution in [0.2, 0.25) is 0 Å². The Morgan fingerprint density at radius 1 is 1.12 bits per heavy atom. The number of amides is 1. The molecule has 1 aliphatic heterocycles. The summed E-state index contributed by atoms with van der Waals surface area (Å²) >= 11 is 0. The van der Waals surface area contributed by atoms with E-state index in [1.54, 1.807) is 12.1 Å². The number of tetrazole rings is 1. The number of piperazine rings is 1. The lowest BCUT2D eigenvalue weighted by Gasteiger charge is -2.37. The smallest absolute Gasteiger partial charge is 0.337 e. The van der Waals surface area contributed by atoms with Crippen molar-refractivity contribution < 1.29 is 14.3 Å². The molecule has 1 fully saturated rings. The summed E-state index contributed by atoms with van der Waals surface area (Å²) in [5, 5.41) is 26.0. The summed E-state index contributed by atoms with van der Waals surface area (Å²) < 4.78 is 4.84. The van der Waals surface area contributed by atoms with Crippen molar-refractivity contribution in [2.24, 2.45) is 0 Å². The van der Waals surface area contributed by atoms with E-state index < -0.39 is 5.97 Å². The predicted molar refractivity (Wildman–Crippen MR) is 124 cm³/mol. The number of allylic oxidation sites excluding steroid dienone is 1. The molecule has 0 aliphatic carbocycles. The second-order valence-corrected chi connectivity index (χ2v) is 7.42. The number of hydrogen-bond acceptors (Lipinski definition) is 9. The molecular weight excluding hydrogens is 436 g/mol. The van der Waals surface area contributed by atoms with Gasteiger partial charge < -0.3 is 19.9 Å². The standard InChI is InChI=1S/C23H22N8O3/c1-34-23(33)17-7-8-20(19(13-17)25-15-18(14-24)21-26-28-29-27-21)30-9-11-31(12-10-30)22(32)16-5-3-2-4-6-16/h2-8,13,15,25H,9-12H2,1H3,(H,26,27,28,29). The van der Waals surface area contributed by atoms with Gasteiger partial charge in [-0.3, -0.25) is 4.79 Å². The van der Waals surface area contributed by atoms with E-state index in [-0.39, 0.29) is 17.3 Å². The minimum atomic E-state index is -0.476. The molecule has 0 bridgehead atoms. The first-order valence-corrected chi connectivity index (χ1v) is 10.5. The lowest BCUT2D eigenvalue weighted by Crippen LogP contribution is -2.49. The first kappa shape index (κ1) is 22.5. The number of anilines is 2. The Labute approximate surface area is 195 Å². The van der Waals surface area contributed by atoms with Gasteiger partial charge in [-0.2, -0.15) is 10.5 Å². The third-order valence-corrected chi connectivity index (χ3v) is 5.42. The van der Waals surface area contributed by atoms with Crippen molar-refractivity contribution in [1.29, 1.82) is 5.26 Å². The number of aromatic nitrogens is 4. The van der Waals surface area contributed by atoms with Gasteiger partial charge in [0.1, 0.15) is 11.6 Å². The average Bonchev–Trinajstić information content (AvgIpc) is 3.43. The number of esters is 1.